The Morgan fingerprint density at radius 1 is 1.25 bits per heavy atom. The molecule has 0 aliphatic rings. The lowest BCUT2D eigenvalue weighted by molar-refractivity contribution is 1.03. The standard InChI is InChI=1S/C8H11NO2S/c1-4-12-8-5(9(2)3)6(10)7(8)11/h4H2,1-3H3. The Morgan fingerprint density at radius 2 is 1.83 bits per heavy atom. The van der Waals surface area contributed by atoms with Gasteiger partial charge >= 0.3 is 0 Å². The molecule has 1 aromatic rings. The molecule has 4 heteroatoms. The largest absolute Gasteiger partial charge is 0.373 e. The average molecular weight is 185 g/mol. The van der Waals surface area contributed by atoms with Gasteiger partial charge in [-0.05, 0) is 5.75 Å². The van der Waals surface area contributed by atoms with Gasteiger partial charge in [-0.15, -0.1) is 11.8 Å². The van der Waals surface area contributed by atoms with Gasteiger partial charge in [0, 0.05) is 14.1 Å². The van der Waals surface area contributed by atoms with E-state index in [0.717, 1.165) is 5.75 Å². The molecule has 0 bridgehead atoms. The molecule has 0 amide bonds. The minimum absolute atomic E-state index is 0.328. The molecule has 0 aliphatic carbocycles. The van der Waals surface area contributed by atoms with Gasteiger partial charge in [0.15, 0.2) is 0 Å². The first kappa shape index (κ1) is 9.32. The molecule has 0 saturated heterocycles. The van der Waals surface area contributed by atoms with E-state index in [9.17, 15) is 9.59 Å². The summed E-state index contributed by atoms with van der Waals surface area (Å²) in [5, 5.41) is 0. The highest BCUT2D eigenvalue weighted by atomic mass is 32.2. The van der Waals surface area contributed by atoms with E-state index >= 15 is 0 Å². The van der Waals surface area contributed by atoms with E-state index in [-0.39, 0.29) is 10.9 Å². The SMILES string of the molecule is CCSc1c(N(C)C)c(=O)c1=O. The second kappa shape index (κ2) is 3.31. The lowest BCUT2D eigenvalue weighted by atomic mass is 10.2. The fraction of sp³-hybridized carbons (Fsp3) is 0.500. The zero-order valence-electron chi connectivity index (χ0n) is 7.38. The van der Waals surface area contributed by atoms with Gasteiger partial charge in [-0.1, -0.05) is 6.92 Å². The van der Waals surface area contributed by atoms with Crippen LogP contribution in [-0.4, -0.2) is 19.8 Å². The van der Waals surface area contributed by atoms with Crippen molar-refractivity contribution in [2.75, 3.05) is 24.7 Å². The van der Waals surface area contributed by atoms with Crippen LogP contribution in [-0.2, 0) is 0 Å². The number of nitrogens with zero attached hydrogens (tertiary/aromatic N) is 1. The van der Waals surface area contributed by atoms with Crippen LogP contribution in [0.25, 0.3) is 0 Å². The fourth-order valence-corrected chi connectivity index (χ4v) is 1.97. The first-order valence-corrected chi connectivity index (χ1v) is 4.71. The van der Waals surface area contributed by atoms with Gasteiger partial charge in [-0.25, -0.2) is 0 Å². The molecule has 0 unspecified atom stereocenters. The minimum Gasteiger partial charge on any atom is -0.373 e. The van der Waals surface area contributed by atoms with Crippen molar-refractivity contribution in [2.45, 2.75) is 11.8 Å². The molecular formula is C8H11NO2S. The van der Waals surface area contributed by atoms with Crippen LogP contribution in [0.3, 0.4) is 0 Å². The van der Waals surface area contributed by atoms with Crippen LogP contribution in [0.5, 0.6) is 0 Å². The Hall–Kier alpha value is -0.770. The Kier molecular flexibility index (Phi) is 2.57. The summed E-state index contributed by atoms with van der Waals surface area (Å²) in [5.74, 6) is 0.825. The van der Waals surface area contributed by atoms with Crippen LogP contribution >= 0.6 is 11.8 Å². The number of hydrogen-bond acceptors (Lipinski definition) is 4. The summed E-state index contributed by atoms with van der Waals surface area (Å²) < 4.78 is 0. The maximum absolute atomic E-state index is 11.0. The number of rotatable bonds is 3. The molecule has 0 radical (unpaired) electrons. The van der Waals surface area contributed by atoms with Crippen LogP contribution in [0.1, 0.15) is 6.92 Å². The fourth-order valence-electron chi connectivity index (χ4n) is 1.04. The molecule has 0 saturated carbocycles. The summed E-state index contributed by atoms with van der Waals surface area (Å²) >= 11 is 1.43. The third-order valence-corrected chi connectivity index (χ3v) is 2.53. The van der Waals surface area contributed by atoms with Crippen LogP contribution < -0.4 is 15.8 Å². The number of hydrogen-bond donors (Lipinski definition) is 0. The summed E-state index contributed by atoms with van der Waals surface area (Å²) in [4.78, 5) is 24.4. The monoisotopic (exact) mass is 185 g/mol. The van der Waals surface area contributed by atoms with Crippen molar-refractivity contribution in [1.82, 2.24) is 0 Å². The van der Waals surface area contributed by atoms with Gasteiger partial charge in [-0.3, -0.25) is 9.59 Å². The third kappa shape index (κ3) is 1.27. The first-order valence-electron chi connectivity index (χ1n) is 3.73. The van der Waals surface area contributed by atoms with Crippen molar-refractivity contribution in [3.05, 3.63) is 20.4 Å². The van der Waals surface area contributed by atoms with E-state index in [2.05, 4.69) is 0 Å². The molecule has 0 spiro atoms. The molecule has 3 nitrogen and oxygen atoms in total. The predicted octanol–water partition coefficient (Wildman–Crippen LogP) is 0.461. The summed E-state index contributed by atoms with van der Waals surface area (Å²) in [7, 11) is 3.55. The van der Waals surface area contributed by atoms with E-state index in [0.29, 0.717) is 10.6 Å². The van der Waals surface area contributed by atoms with Gasteiger partial charge in [0.05, 0.1) is 4.90 Å². The maximum Gasteiger partial charge on any atom is 0.251 e. The molecule has 0 fully saturated rings. The van der Waals surface area contributed by atoms with E-state index in [4.69, 9.17) is 0 Å². The van der Waals surface area contributed by atoms with Crippen molar-refractivity contribution in [3.8, 4) is 0 Å². The smallest absolute Gasteiger partial charge is 0.251 e. The highest BCUT2D eigenvalue weighted by Crippen LogP contribution is 2.23. The topological polar surface area (TPSA) is 37.4 Å². The molecule has 66 valence electrons. The second-order valence-corrected chi connectivity index (χ2v) is 3.94. The Labute approximate surface area is 75.1 Å². The number of thioether (sulfide) groups is 1. The van der Waals surface area contributed by atoms with E-state index in [1.54, 1.807) is 19.0 Å². The molecule has 0 atom stereocenters. The van der Waals surface area contributed by atoms with Crippen molar-refractivity contribution >= 4 is 17.4 Å². The highest BCUT2D eigenvalue weighted by molar-refractivity contribution is 7.99. The van der Waals surface area contributed by atoms with Gasteiger partial charge < -0.3 is 4.90 Å². The second-order valence-electron chi connectivity index (χ2n) is 2.66. The Morgan fingerprint density at radius 3 is 2.25 bits per heavy atom. The molecule has 12 heavy (non-hydrogen) atoms. The van der Waals surface area contributed by atoms with Crippen LogP contribution in [0.2, 0.25) is 0 Å². The minimum atomic E-state index is -0.351. The Balaban J connectivity index is 3.05. The summed E-state index contributed by atoms with van der Waals surface area (Å²) in [6.07, 6.45) is 0. The zero-order valence-corrected chi connectivity index (χ0v) is 8.20. The summed E-state index contributed by atoms with van der Waals surface area (Å²) in [5.41, 5.74) is -0.117. The van der Waals surface area contributed by atoms with Crippen LogP contribution in [0, 0.1) is 0 Å². The van der Waals surface area contributed by atoms with Crippen molar-refractivity contribution in [2.24, 2.45) is 0 Å². The lowest BCUT2D eigenvalue weighted by Gasteiger charge is -2.16. The zero-order chi connectivity index (χ0) is 9.30. The average Bonchev–Trinajstić information content (AvgIpc) is 2.02. The summed E-state index contributed by atoms with van der Waals surface area (Å²) in [6.45, 7) is 1.96. The van der Waals surface area contributed by atoms with Gasteiger partial charge in [0.1, 0.15) is 5.69 Å². The van der Waals surface area contributed by atoms with Crippen LogP contribution in [0.15, 0.2) is 14.5 Å². The van der Waals surface area contributed by atoms with E-state index in [1.165, 1.54) is 11.8 Å². The molecule has 1 rings (SSSR count). The lowest BCUT2D eigenvalue weighted by Crippen LogP contribution is -2.39. The van der Waals surface area contributed by atoms with Gasteiger partial charge in [0.2, 0.25) is 5.43 Å². The molecule has 0 aromatic heterocycles. The normalized spacial score (nSPS) is 10.6. The molecule has 0 heterocycles. The Bertz CT molecular complexity index is 350. The molecular weight excluding hydrogens is 174 g/mol. The number of anilines is 1. The quantitative estimate of drug-likeness (QED) is 0.506. The van der Waals surface area contributed by atoms with Crippen molar-refractivity contribution < 1.29 is 0 Å². The summed E-state index contributed by atoms with van der Waals surface area (Å²) in [6, 6.07) is 0. The van der Waals surface area contributed by atoms with Gasteiger partial charge in [0.25, 0.3) is 5.43 Å². The van der Waals surface area contributed by atoms with Crippen LogP contribution in [0.4, 0.5) is 5.69 Å². The highest BCUT2D eigenvalue weighted by Gasteiger charge is 2.21. The van der Waals surface area contributed by atoms with Gasteiger partial charge in [-0.2, -0.15) is 0 Å². The maximum atomic E-state index is 11.0. The molecule has 0 aliphatic heterocycles. The van der Waals surface area contributed by atoms with E-state index in [1.807, 2.05) is 6.92 Å². The predicted molar refractivity (Wildman–Crippen MR) is 52.1 cm³/mol. The molecule has 1 aromatic carbocycles. The molecule has 0 N–H and O–H groups in total. The third-order valence-electron chi connectivity index (χ3n) is 1.58. The first-order chi connectivity index (χ1) is 5.59. The van der Waals surface area contributed by atoms with Crippen molar-refractivity contribution in [3.63, 3.8) is 0 Å². The van der Waals surface area contributed by atoms with E-state index < -0.39 is 0 Å². The van der Waals surface area contributed by atoms with Crippen molar-refractivity contribution in [1.29, 1.82) is 0 Å².